The zero-order valence-corrected chi connectivity index (χ0v) is 15.5. The fraction of sp³-hybridized carbons (Fsp3) is 0.0625. The molecule has 0 amide bonds. The maximum absolute atomic E-state index is 12.0. The van der Waals surface area contributed by atoms with Crippen LogP contribution in [0.3, 0.4) is 0 Å². The summed E-state index contributed by atoms with van der Waals surface area (Å²) in [5.41, 5.74) is 8.35. The topological polar surface area (TPSA) is 55.1 Å². The largest absolute Gasteiger partial charge is 0.397 e. The second-order valence-corrected chi connectivity index (χ2v) is 7.84. The number of rotatable bonds is 4. The fourth-order valence-electron chi connectivity index (χ4n) is 1.79. The number of allylic oxidation sites excluding steroid dienone is 1. The number of anilines is 2. The fourth-order valence-corrected chi connectivity index (χ4v) is 2.22. The van der Waals surface area contributed by atoms with Gasteiger partial charge in [-0.1, -0.05) is 75.0 Å². The number of nitrogen functional groups attached to an aromatic ring is 1. The van der Waals surface area contributed by atoms with E-state index in [-0.39, 0.29) is 0 Å². The third-order valence-corrected chi connectivity index (χ3v) is 4.03. The third-order valence-electron chi connectivity index (χ3n) is 2.94. The van der Waals surface area contributed by atoms with Gasteiger partial charge < -0.3 is 11.1 Å². The molecule has 3 nitrogen and oxygen atoms in total. The van der Waals surface area contributed by atoms with Crippen molar-refractivity contribution in [1.29, 1.82) is 0 Å². The Kier molecular flexibility index (Phi) is 5.98. The Morgan fingerprint density at radius 3 is 2.26 bits per heavy atom. The summed E-state index contributed by atoms with van der Waals surface area (Å²) in [5.74, 6) is -0.651. The number of para-hydroxylation sites is 2. The average molecular weight is 435 g/mol. The summed E-state index contributed by atoms with van der Waals surface area (Å²) in [6.07, 6.45) is 1.25. The van der Waals surface area contributed by atoms with E-state index < -0.39 is 9.58 Å². The van der Waals surface area contributed by atoms with Crippen LogP contribution in [-0.2, 0) is 4.79 Å². The summed E-state index contributed by atoms with van der Waals surface area (Å²) >= 11 is 20.3. The lowest BCUT2D eigenvalue weighted by molar-refractivity contribution is -0.113. The van der Waals surface area contributed by atoms with Crippen LogP contribution in [0.1, 0.15) is 5.56 Å². The molecule has 0 aliphatic heterocycles. The van der Waals surface area contributed by atoms with Crippen molar-refractivity contribution in [2.24, 2.45) is 0 Å². The molecule has 2 aromatic rings. The van der Waals surface area contributed by atoms with Gasteiger partial charge in [-0.25, -0.2) is 0 Å². The van der Waals surface area contributed by atoms with Gasteiger partial charge >= 0.3 is 0 Å². The van der Waals surface area contributed by atoms with Crippen molar-refractivity contribution in [2.45, 2.75) is 3.79 Å². The Balaban J connectivity index is 2.43. The Morgan fingerprint density at radius 1 is 1.09 bits per heavy atom. The van der Waals surface area contributed by atoms with Gasteiger partial charge in [-0.15, -0.1) is 0 Å². The van der Waals surface area contributed by atoms with Crippen molar-refractivity contribution >= 4 is 73.6 Å². The van der Waals surface area contributed by atoms with Gasteiger partial charge in [0.05, 0.1) is 11.4 Å². The highest BCUT2D eigenvalue weighted by atomic mass is 79.9. The Hall–Kier alpha value is -1.20. The van der Waals surface area contributed by atoms with Crippen molar-refractivity contribution in [3.8, 4) is 0 Å². The number of benzene rings is 2. The van der Waals surface area contributed by atoms with E-state index in [1.54, 1.807) is 12.1 Å². The van der Waals surface area contributed by atoms with Gasteiger partial charge in [0.25, 0.3) is 3.79 Å². The van der Waals surface area contributed by atoms with Gasteiger partial charge in [-0.05, 0) is 29.8 Å². The van der Waals surface area contributed by atoms with E-state index in [0.29, 0.717) is 17.1 Å². The zero-order valence-electron chi connectivity index (χ0n) is 11.7. The lowest BCUT2D eigenvalue weighted by Crippen LogP contribution is -2.17. The number of hydrogen-bond acceptors (Lipinski definition) is 3. The molecule has 0 aromatic heterocycles. The summed E-state index contributed by atoms with van der Waals surface area (Å²) in [4.78, 5) is 12.0. The summed E-state index contributed by atoms with van der Waals surface area (Å²) in [5, 5.41) is 3.11. The van der Waals surface area contributed by atoms with Gasteiger partial charge in [0.15, 0.2) is 0 Å². The van der Waals surface area contributed by atoms with Crippen LogP contribution in [-0.4, -0.2) is 9.58 Å². The maximum atomic E-state index is 12.0. The number of ketones is 1. The van der Waals surface area contributed by atoms with Crippen LogP contribution in [0.25, 0.3) is 5.70 Å². The molecule has 0 spiro atoms. The monoisotopic (exact) mass is 432 g/mol. The number of nitrogens with one attached hydrogen (secondary N) is 1. The first-order valence-electron chi connectivity index (χ1n) is 6.47. The lowest BCUT2D eigenvalue weighted by Gasteiger charge is -2.15. The van der Waals surface area contributed by atoms with Gasteiger partial charge in [0.2, 0.25) is 5.78 Å². The molecule has 0 saturated heterocycles. The number of hydrogen-bond donors (Lipinski definition) is 2. The SMILES string of the molecule is Nc1ccccc1N/C(=C\C(=O)C(Cl)(Cl)Cl)c1ccc(Br)cc1. The van der Waals surface area contributed by atoms with Crippen molar-refractivity contribution in [3.05, 3.63) is 64.6 Å². The number of halogens is 4. The molecule has 120 valence electrons. The molecule has 0 radical (unpaired) electrons. The summed E-state index contributed by atoms with van der Waals surface area (Å²) in [6, 6.07) is 14.5. The van der Waals surface area contributed by atoms with Crippen molar-refractivity contribution in [3.63, 3.8) is 0 Å². The molecule has 0 fully saturated rings. The molecule has 0 atom stereocenters. The van der Waals surface area contributed by atoms with E-state index in [2.05, 4.69) is 21.2 Å². The summed E-state index contributed by atoms with van der Waals surface area (Å²) < 4.78 is -1.11. The van der Waals surface area contributed by atoms with Gasteiger partial charge in [-0.2, -0.15) is 0 Å². The second kappa shape index (κ2) is 7.58. The average Bonchev–Trinajstić information content (AvgIpc) is 2.48. The van der Waals surface area contributed by atoms with Crippen molar-refractivity contribution in [1.82, 2.24) is 0 Å². The van der Waals surface area contributed by atoms with E-state index in [1.807, 2.05) is 36.4 Å². The highest BCUT2D eigenvalue weighted by Gasteiger charge is 2.29. The van der Waals surface area contributed by atoms with Crippen LogP contribution in [0.4, 0.5) is 11.4 Å². The highest BCUT2D eigenvalue weighted by Crippen LogP contribution is 2.30. The van der Waals surface area contributed by atoms with Crippen LogP contribution in [0.15, 0.2) is 59.1 Å². The first-order valence-corrected chi connectivity index (χ1v) is 8.40. The molecule has 0 saturated carbocycles. The van der Waals surface area contributed by atoms with Crippen LogP contribution < -0.4 is 11.1 Å². The summed E-state index contributed by atoms with van der Waals surface area (Å²) in [7, 11) is 0. The molecule has 7 heteroatoms. The Morgan fingerprint density at radius 2 is 1.70 bits per heavy atom. The minimum atomic E-state index is -2.02. The van der Waals surface area contributed by atoms with Crippen LogP contribution in [0.2, 0.25) is 0 Å². The van der Waals surface area contributed by atoms with E-state index in [9.17, 15) is 4.79 Å². The minimum absolute atomic E-state index is 0.478. The molecular formula is C16H12BrCl3N2O. The molecule has 2 rings (SSSR count). The molecule has 0 unspecified atom stereocenters. The first-order chi connectivity index (χ1) is 10.8. The number of carbonyl (C=O) groups is 1. The zero-order chi connectivity index (χ0) is 17.0. The molecule has 0 heterocycles. The van der Waals surface area contributed by atoms with Crippen LogP contribution >= 0.6 is 50.7 Å². The normalized spacial score (nSPS) is 12.1. The number of nitrogens with two attached hydrogens (primary N) is 1. The van der Waals surface area contributed by atoms with Crippen molar-refractivity contribution < 1.29 is 4.79 Å². The van der Waals surface area contributed by atoms with Gasteiger partial charge in [0.1, 0.15) is 0 Å². The van der Waals surface area contributed by atoms with Crippen LogP contribution in [0.5, 0.6) is 0 Å². The van der Waals surface area contributed by atoms with Crippen molar-refractivity contribution in [2.75, 3.05) is 11.1 Å². The lowest BCUT2D eigenvalue weighted by atomic mass is 10.1. The number of alkyl halides is 3. The highest BCUT2D eigenvalue weighted by molar-refractivity contribution is 9.10. The molecule has 3 N–H and O–H groups in total. The molecule has 0 bridgehead atoms. The standard InChI is InChI=1S/C16H12BrCl3N2O/c17-11-7-5-10(6-8-11)14(9-15(23)16(18,19)20)22-13-4-2-1-3-12(13)21/h1-9,22H,21H2/b14-9-. The molecule has 0 aliphatic rings. The number of carbonyl (C=O) groups excluding carboxylic acids is 1. The molecular weight excluding hydrogens is 422 g/mol. The quantitative estimate of drug-likeness (QED) is 0.384. The maximum Gasteiger partial charge on any atom is 0.252 e. The van der Waals surface area contributed by atoms with E-state index in [4.69, 9.17) is 40.5 Å². The molecule has 23 heavy (non-hydrogen) atoms. The summed E-state index contributed by atoms with van der Waals surface area (Å²) in [6.45, 7) is 0. The predicted octanol–water partition coefficient (Wildman–Crippen LogP) is 5.42. The van der Waals surface area contributed by atoms with Gasteiger partial charge in [0, 0.05) is 16.2 Å². The minimum Gasteiger partial charge on any atom is -0.397 e. The third kappa shape index (κ3) is 5.15. The first kappa shape index (κ1) is 18.1. The Labute approximate surface area is 157 Å². The Bertz CT molecular complexity index is 740. The van der Waals surface area contributed by atoms with E-state index >= 15 is 0 Å². The van der Waals surface area contributed by atoms with E-state index in [1.165, 1.54) is 6.08 Å². The second-order valence-electron chi connectivity index (χ2n) is 4.64. The van der Waals surface area contributed by atoms with E-state index in [0.717, 1.165) is 10.0 Å². The predicted molar refractivity (Wildman–Crippen MR) is 102 cm³/mol. The molecule has 2 aromatic carbocycles. The smallest absolute Gasteiger partial charge is 0.252 e. The van der Waals surface area contributed by atoms with Gasteiger partial charge in [-0.3, -0.25) is 4.79 Å². The van der Waals surface area contributed by atoms with Crippen LogP contribution in [0, 0.1) is 0 Å². The molecule has 0 aliphatic carbocycles.